The zero-order valence-corrected chi connectivity index (χ0v) is 21.5. The SMILES string of the molecule is CN1CCN(c2ccc3c(c2)c(=O)n(C2CCC(C)(O)CC2)c2nc(NCCC4CC4)ncc32)CC1. The molecule has 8 nitrogen and oxygen atoms in total. The van der Waals surface area contributed by atoms with E-state index < -0.39 is 5.60 Å². The van der Waals surface area contributed by atoms with Gasteiger partial charge in [-0.15, -0.1) is 0 Å². The third-order valence-corrected chi connectivity index (χ3v) is 8.54. The lowest BCUT2D eigenvalue weighted by molar-refractivity contribution is 0.0100. The Morgan fingerprint density at radius 3 is 2.53 bits per heavy atom. The molecule has 2 saturated carbocycles. The lowest BCUT2D eigenvalue weighted by Crippen LogP contribution is -2.44. The van der Waals surface area contributed by atoms with Crippen LogP contribution in [0, 0.1) is 5.92 Å². The van der Waals surface area contributed by atoms with Gasteiger partial charge < -0.3 is 20.2 Å². The molecule has 0 radical (unpaired) electrons. The van der Waals surface area contributed by atoms with E-state index in [-0.39, 0.29) is 11.6 Å². The van der Waals surface area contributed by atoms with Crippen molar-refractivity contribution >= 4 is 33.4 Å². The van der Waals surface area contributed by atoms with Crippen LogP contribution in [0.15, 0.2) is 29.2 Å². The minimum absolute atomic E-state index is 0.0163. The summed E-state index contributed by atoms with van der Waals surface area (Å²) < 4.78 is 1.91. The van der Waals surface area contributed by atoms with Gasteiger partial charge >= 0.3 is 0 Å². The van der Waals surface area contributed by atoms with E-state index in [2.05, 4.69) is 45.3 Å². The number of piperazine rings is 1. The topological polar surface area (TPSA) is 86.5 Å². The monoisotopic (exact) mass is 490 g/mol. The maximum Gasteiger partial charge on any atom is 0.260 e. The molecule has 0 spiro atoms. The average molecular weight is 491 g/mol. The van der Waals surface area contributed by atoms with Crippen LogP contribution in [0.1, 0.15) is 57.9 Å². The van der Waals surface area contributed by atoms with Crippen molar-refractivity contribution in [3.8, 4) is 0 Å². The summed E-state index contributed by atoms with van der Waals surface area (Å²) >= 11 is 0. The minimum atomic E-state index is -0.661. The van der Waals surface area contributed by atoms with Crippen LogP contribution in [0.2, 0.25) is 0 Å². The Morgan fingerprint density at radius 2 is 1.81 bits per heavy atom. The zero-order chi connectivity index (χ0) is 24.9. The second-order valence-electron chi connectivity index (χ2n) is 11.5. The smallest absolute Gasteiger partial charge is 0.260 e. The van der Waals surface area contributed by atoms with E-state index in [1.807, 2.05) is 17.7 Å². The summed E-state index contributed by atoms with van der Waals surface area (Å²) in [7, 11) is 2.15. The number of fused-ring (bicyclic) bond motifs is 3. The maximum atomic E-state index is 14.1. The molecular formula is C28H38N6O2. The van der Waals surface area contributed by atoms with Gasteiger partial charge in [0.15, 0.2) is 0 Å². The lowest BCUT2D eigenvalue weighted by Gasteiger charge is -2.35. The molecule has 1 aliphatic heterocycles. The van der Waals surface area contributed by atoms with Crippen LogP contribution in [0.3, 0.4) is 0 Å². The summed E-state index contributed by atoms with van der Waals surface area (Å²) in [5.41, 5.74) is 1.16. The first-order chi connectivity index (χ1) is 17.4. The largest absolute Gasteiger partial charge is 0.390 e. The molecule has 3 heterocycles. The second kappa shape index (κ2) is 9.30. The van der Waals surface area contributed by atoms with Crippen molar-refractivity contribution in [1.29, 1.82) is 0 Å². The van der Waals surface area contributed by atoms with Gasteiger partial charge in [-0.3, -0.25) is 9.36 Å². The summed E-state index contributed by atoms with van der Waals surface area (Å²) in [6.45, 7) is 6.71. The van der Waals surface area contributed by atoms with Crippen molar-refractivity contribution in [3.05, 3.63) is 34.7 Å². The number of likely N-dealkylation sites (N-methyl/N-ethyl adjacent to an activating group) is 1. The van der Waals surface area contributed by atoms with E-state index >= 15 is 0 Å². The Balaban J connectivity index is 1.43. The molecule has 0 bridgehead atoms. The molecule has 3 fully saturated rings. The molecule has 192 valence electrons. The summed E-state index contributed by atoms with van der Waals surface area (Å²) in [5.74, 6) is 1.43. The number of nitrogens with one attached hydrogen (secondary N) is 1. The van der Waals surface area contributed by atoms with E-state index in [0.29, 0.717) is 24.4 Å². The summed E-state index contributed by atoms with van der Waals surface area (Å²) in [4.78, 5) is 28.4. The van der Waals surface area contributed by atoms with Crippen LogP contribution in [-0.4, -0.2) is 69.9 Å². The van der Waals surface area contributed by atoms with Crippen molar-refractivity contribution in [2.45, 2.75) is 63.5 Å². The first-order valence-corrected chi connectivity index (χ1v) is 13.6. The van der Waals surface area contributed by atoms with Gasteiger partial charge in [-0.2, -0.15) is 4.98 Å². The molecule has 1 saturated heterocycles. The first-order valence-electron chi connectivity index (χ1n) is 13.6. The van der Waals surface area contributed by atoms with Crippen molar-refractivity contribution in [2.24, 2.45) is 5.92 Å². The molecule has 1 aromatic carbocycles. The number of hydrogen-bond donors (Lipinski definition) is 2. The van der Waals surface area contributed by atoms with E-state index in [1.165, 1.54) is 12.8 Å². The molecule has 0 amide bonds. The van der Waals surface area contributed by atoms with Crippen LogP contribution < -0.4 is 15.8 Å². The molecule has 2 aliphatic carbocycles. The molecular weight excluding hydrogens is 452 g/mol. The highest BCUT2D eigenvalue weighted by atomic mass is 16.3. The maximum absolute atomic E-state index is 14.1. The zero-order valence-electron chi connectivity index (χ0n) is 21.5. The Morgan fingerprint density at radius 1 is 1.06 bits per heavy atom. The van der Waals surface area contributed by atoms with Gasteiger partial charge in [0.05, 0.1) is 11.0 Å². The highest BCUT2D eigenvalue weighted by Crippen LogP contribution is 2.37. The fraction of sp³-hybridized carbons (Fsp3) is 0.607. The first kappa shape index (κ1) is 23.7. The number of hydrogen-bond acceptors (Lipinski definition) is 7. The molecule has 0 atom stereocenters. The second-order valence-corrected chi connectivity index (χ2v) is 11.5. The van der Waals surface area contributed by atoms with Crippen LogP contribution >= 0.6 is 0 Å². The highest BCUT2D eigenvalue weighted by Gasteiger charge is 2.31. The third kappa shape index (κ3) is 4.68. The van der Waals surface area contributed by atoms with Crippen molar-refractivity contribution in [3.63, 3.8) is 0 Å². The van der Waals surface area contributed by atoms with E-state index in [1.54, 1.807) is 0 Å². The fourth-order valence-corrected chi connectivity index (χ4v) is 5.88. The summed E-state index contributed by atoms with van der Waals surface area (Å²) in [6, 6.07) is 6.30. The number of aromatic nitrogens is 3. The van der Waals surface area contributed by atoms with Crippen LogP contribution in [-0.2, 0) is 0 Å². The normalized spacial score (nSPS) is 25.5. The highest BCUT2D eigenvalue weighted by molar-refractivity contribution is 6.05. The molecule has 2 N–H and O–H groups in total. The van der Waals surface area contributed by atoms with Crippen molar-refractivity contribution in [2.75, 3.05) is 50.0 Å². The molecule has 6 rings (SSSR count). The average Bonchev–Trinajstić information content (AvgIpc) is 3.70. The molecule has 2 aromatic heterocycles. The molecule has 8 heteroatoms. The fourth-order valence-electron chi connectivity index (χ4n) is 5.88. The summed E-state index contributed by atoms with van der Waals surface area (Å²) in [6.07, 6.45) is 8.57. The predicted octanol–water partition coefficient (Wildman–Crippen LogP) is 3.77. The van der Waals surface area contributed by atoms with Gasteiger partial charge in [0.1, 0.15) is 5.65 Å². The molecule has 3 aliphatic rings. The Kier molecular flexibility index (Phi) is 6.12. The van der Waals surface area contributed by atoms with Crippen LogP contribution in [0.5, 0.6) is 0 Å². The van der Waals surface area contributed by atoms with Gasteiger partial charge in [-0.05, 0) is 69.5 Å². The molecule has 0 unspecified atom stereocenters. The molecule has 36 heavy (non-hydrogen) atoms. The predicted molar refractivity (Wildman–Crippen MR) is 145 cm³/mol. The van der Waals surface area contributed by atoms with Gasteiger partial charge in [0.25, 0.3) is 5.56 Å². The Bertz CT molecular complexity index is 1310. The van der Waals surface area contributed by atoms with E-state index in [4.69, 9.17) is 4.98 Å². The lowest BCUT2D eigenvalue weighted by atomic mass is 9.83. The van der Waals surface area contributed by atoms with Gasteiger partial charge in [-0.25, -0.2) is 4.98 Å². The van der Waals surface area contributed by atoms with Crippen LogP contribution in [0.4, 0.5) is 11.6 Å². The Labute approximate surface area is 212 Å². The number of anilines is 2. The van der Waals surface area contributed by atoms with E-state index in [0.717, 1.165) is 79.8 Å². The van der Waals surface area contributed by atoms with E-state index in [9.17, 15) is 9.90 Å². The van der Waals surface area contributed by atoms with Gasteiger partial charge in [0.2, 0.25) is 5.95 Å². The quantitative estimate of drug-likeness (QED) is 0.509. The van der Waals surface area contributed by atoms with Gasteiger partial charge in [-0.1, -0.05) is 18.9 Å². The van der Waals surface area contributed by atoms with Crippen LogP contribution in [0.25, 0.3) is 21.8 Å². The van der Waals surface area contributed by atoms with Crippen molar-refractivity contribution in [1.82, 2.24) is 19.4 Å². The number of aliphatic hydroxyl groups is 1. The molecule has 3 aromatic rings. The standard InChI is InChI=1S/C28H38N6O2/c1-28(36)10-7-20(8-11-28)34-25-24(18-30-27(31-25)29-12-9-19-3-4-19)22-6-5-21(17-23(22)26(34)35)33-15-13-32(2)14-16-33/h5-6,17-20,36H,3-4,7-16H2,1-2H3,(H,29,30,31). The van der Waals surface area contributed by atoms with Gasteiger partial charge in [0, 0.05) is 56.0 Å². The number of nitrogens with zero attached hydrogens (tertiary/aromatic N) is 5. The number of pyridine rings is 1. The van der Waals surface area contributed by atoms with Crippen molar-refractivity contribution < 1.29 is 5.11 Å². The number of benzene rings is 1. The third-order valence-electron chi connectivity index (χ3n) is 8.54. The minimum Gasteiger partial charge on any atom is -0.390 e. The number of rotatable bonds is 6. The Hall–Kier alpha value is -2.71. The summed E-state index contributed by atoms with van der Waals surface area (Å²) in [5, 5.41) is 16.5.